The number of aromatic nitrogens is 1. The number of para-hydroxylation sites is 1. The number of rotatable bonds is 5. The number of carbonyl (C=O) groups is 1. The molecule has 1 aromatic heterocycles. The van der Waals surface area contributed by atoms with Gasteiger partial charge in [-0.3, -0.25) is 9.78 Å². The summed E-state index contributed by atoms with van der Waals surface area (Å²) in [6.07, 6.45) is 2.55. The molecule has 4 nitrogen and oxygen atoms in total. The third-order valence-electron chi connectivity index (χ3n) is 4.00. The molecule has 4 heteroatoms. The predicted octanol–water partition coefficient (Wildman–Crippen LogP) is 4.65. The largest absolute Gasteiger partial charge is 0.355 e. The average Bonchev–Trinajstić information content (AvgIpc) is 2.54. The number of carbonyl (C=O) groups excluding carboxylic acids is 1. The van der Waals surface area contributed by atoms with E-state index in [1.165, 1.54) is 5.56 Å². The van der Waals surface area contributed by atoms with E-state index in [9.17, 15) is 4.79 Å². The second kappa shape index (κ2) is 7.47. The Balaban J connectivity index is 2.23. The molecular weight excluding hydrogens is 298 g/mol. The molecule has 1 atom stereocenters. The Morgan fingerprint density at radius 1 is 1.21 bits per heavy atom. The summed E-state index contributed by atoms with van der Waals surface area (Å²) in [5.41, 5.74) is 3.59. The highest BCUT2D eigenvalue weighted by molar-refractivity contribution is 5.93. The van der Waals surface area contributed by atoms with Gasteiger partial charge in [0.2, 0.25) is 0 Å². The van der Waals surface area contributed by atoms with Crippen molar-refractivity contribution in [3.05, 3.63) is 53.9 Å². The van der Waals surface area contributed by atoms with Crippen LogP contribution in [-0.4, -0.2) is 16.9 Å². The summed E-state index contributed by atoms with van der Waals surface area (Å²) in [6.45, 7) is 10.6. The van der Waals surface area contributed by atoms with Gasteiger partial charge in [-0.1, -0.05) is 45.9 Å². The number of amides is 1. The Bertz CT molecular complexity index is 704. The van der Waals surface area contributed by atoms with Crippen LogP contribution in [0.5, 0.6) is 0 Å². The third kappa shape index (κ3) is 4.57. The van der Waals surface area contributed by atoms with Crippen molar-refractivity contribution in [2.75, 3.05) is 5.32 Å². The van der Waals surface area contributed by atoms with Crippen LogP contribution in [0.25, 0.3) is 0 Å². The van der Waals surface area contributed by atoms with Crippen LogP contribution in [0.2, 0.25) is 0 Å². The Hall–Kier alpha value is -2.36. The molecule has 0 aliphatic rings. The van der Waals surface area contributed by atoms with Gasteiger partial charge in [0.1, 0.15) is 5.69 Å². The summed E-state index contributed by atoms with van der Waals surface area (Å²) in [5, 5.41) is 6.36. The lowest BCUT2D eigenvalue weighted by atomic mass is 9.86. The summed E-state index contributed by atoms with van der Waals surface area (Å²) < 4.78 is 0. The first-order valence-electron chi connectivity index (χ1n) is 8.44. The number of pyridine rings is 1. The average molecular weight is 325 g/mol. The molecule has 0 saturated carbocycles. The molecule has 2 aromatic rings. The number of nitrogens with one attached hydrogen (secondary N) is 2. The second-order valence-corrected chi connectivity index (χ2v) is 7.13. The minimum Gasteiger partial charge on any atom is -0.355 e. The zero-order chi connectivity index (χ0) is 17.7. The highest BCUT2D eigenvalue weighted by Crippen LogP contribution is 2.31. The zero-order valence-electron chi connectivity index (χ0n) is 15.2. The Morgan fingerprint density at radius 3 is 2.58 bits per heavy atom. The standard InChI is InChI=1S/C20H27N3O/c1-6-14(2)22-19(24)18-13-15(11-12-21-18)23-17-10-8-7-9-16(17)20(3,4)5/h7-14H,6H2,1-5H3,(H,21,23)(H,22,24). The predicted molar refractivity (Wildman–Crippen MR) is 99.9 cm³/mol. The minimum atomic E-state index is -0.142. The number of nitrogens with zero attached hydrogens (tertiary/aromatic N) is 1. The molecule has 0 spiro atoms. The van der Waals surface area contributed by atoms with E-state index in [0.29, 0.717) is 5.69 Å². The van der Waals surface area contributed by atoms with Crippen LogP contribution in [0.1, 0.15) is 57.1 Å². The molecule has 0 aliphatic heterocycles. The Labute approximate surface area is 144 Å². The molecule has 2 N–H and O–H groups in total. The van der Waals surface area contributed by atoms with Crippen molar-refractivity contribution in [2.45, 2.75) is 52.5 Å². The lowest BCUT2D eigenvalue weighted by Gasteiger charge is -2.23. The van der Waals surface area contributed by atoms with E-state index in [1.807, 2.05) is 32.0 Å². The van der Waals surface area contributed by atoms with E-state index < -0.39 is 0 Å². The van der Waals surface area contributed by atoms with Gasteiger partial charge in [0.05, 0.1) is 0 Å². The second-order valence-electron chi connectivity index (χ2n) is 7.13. The van der Waals surface area contributed by atoms with Crippen molar-refractivity contribution in [3.63, 3.8) is 0 Å². The van der Waals surface area contributed by atoms with Crippen LogP contribution in [0.3, 0.4) is 0 Å². The lowest BCUT2D eigenvalue weighted by molar-refractivity contribution is 0.0934. The molecule has 1 amide bonds. The molecule has 0 bridgehead atoms. The van der Waals surface area contributed by atoms with Gasteiger partial charge in [-0.15, -0.1) is 0 Å². The van der Waals surface area contributed by atoms with Gasteiger partial charge in [-0.05, 0) is 42.5 Å². The molecule has 0 radical (unpaired) electrons. The van der Waals surface area contributed by atoms with Crippen LogP contribution in [0, 0.1) is 0 Å². The van der Waals surface area contributed by atoms with Crippen LogP contribution in [-0.2, 0) is 5.41 Å². The zero-order valence-corrected chi connectivity index (χ0v) is 15.2. The van der Waals surface area contributed by atoms with Gasteiger partial charge < -0.3 is 10.6 Å². The van der Waals surface area contributed by atoms with Crippen LogP contribution in [0.4, 0.5) is 11.4 Å². The van der Waals surface area contributed by atoms with Crippen LogP contribution in [0.15, 0.2) is 42.6 Å². The molecule has 128 valence electrons. The van der Waals surface area contributed by atoms with Crippen molar-refractivity contribution in [1.82, 2.24) is 10.3 Å². The van der Waals surface area contributed by atoms with Gasteiger partial charge in [0, 0.05) is 23.6 Å². The number of benzene rings is 1. The monoisotopic (exact) mass is 325 g/mol. The van der Waals surface area contributed by atoms with E-state index in [0.717, 1.165) is 17.8 Å². The third-order valence-corrected chi connectivity index (χ3v) is 4.00. The summed E-state index contributed by atoms with van der Waals surface area (Å²) in [6, 6.07) is 12.0. The molecule has 1 heterocycles. The van der Waals surface area contributed by atoms with Gasteiger partial charge >= 0.3 is 0 Å². The molecule has 0 saturated heterocycles. The first-order chi connectivity index (χ1) is 11.3. The van der Waals surface area contributed by atoms with Gasteiger partial charge in [-0.25, -0.2) is 0 Å². The maximum absolute atomic E-state index is 12.2. The molecule has 24 heavy (non-hydrogen) atoms. The van der Waals surface area contributed by atoms with E-state index >= 15 is 0 Å². The Morgan fingerprint density at radius 2 is 1.92 bits per heavy atom. The number of hydrogen-bond acceptors (Lipinski definition) is 3. The van der Waals surface area contributed by atoms with Crippen molar-refractivity contribution in [3.8, 4) is 0 Å². The van der Waals surface area contributed by atoms with Crippen molar-refractivity contribution in [1.29, 1.82) is 0 Å². The number of anilines is 2. The summed E-state index contributed by atoms with van der Waals surface area (Å²) >= 11 is 0. The molecule has 1 aromatic carbocycles. The normalized spacial score (nSPS) is 12.5. The Kier molecular flexibility index (Phi) is 5.60. The van der Waals surface area contributed by atoms with Crippen molar-refractivity contribution >= 4 is 17.3 Å². The first-order valence-corrected chi connectivity index (χ1v) is 8.44. The fourth-order valence-corrected chi connectivity index (χ4v) is 2.43. The maximum atomic E-state index is 12.2. The fraction of sp³-hybridized carbons (Fsp3) is 0.400. The smallest absolute Gasteiger partial charge is 0.270 e. The molecule has 1 unspecified atom stereocenters. The van der Waals surface area contributed by atoms with Crippen molar-refractivity contribution in [2.24, 2.45) is 0 Å². The molecule has 0 fully saturated rings. The first kappa shape index (κ1) is 18.0. The number of hydrogen-bond donors (Lipinski definition) is 2. The summed E-state index contributed by atoms with van der Waals surface area (Å²) in [7, 11) is 0. The van der Waals surface area contributed by atoms with Crippen LogP contribution < -0.4 is 10.6 Å². The maximum Gasteiger partial charge on any atom is 0.270 e. The molecular formula is C20H27N3O. The lowest BCUT2D eigenvalue weighted by Crippen LogP contribution is -2.32. The highest BCUT2D eigenvalue weighted by Gasteiger charge is 2.18. The molecule has 2 rings (SSSR count). The minimum absolute atomic E-state index is 0.0351. The summed E-state index contributed by atoms with van der Waals surface area (Å²) in [4.78, 5) is 16.4. The van der Waals surface area contributed by atoms with Gasteiger partial charge in [-0.2, -0.15) is 0 Å². The van der Waals surface area contributed by atoms with Gasteiger partial charge in [0.15, 0.2) is 0 Å². The molecule has 0 aliphatic carbocycles. The van der Waals surface area contributed by atoms with Crippen molar-refractivity contribution < 1.29 is 4.79 Å². The highest BCUT2D eigenvalue weighted by atomic mass is 16.1. The van der Waals surface area contributed by atoms with E-state index in [1.54, 1.807) is 12.3 Å². The van der Waals surface area contributed by atoms with E-state index in [2.05, 4.69) is 48.5 Å². The van der Waals surface area contributed by atoms with Crippen LogP contribution >= 0.6 is 0 Å². The summed E-state index contributed by atoms with van der Waals surface area (Å²) in [5.74, 6) is -0.142. The van der Waals surface area contributed by atoms with Gasteiger partial charge in [0.25, 0.3) is 5.91 Å². The quantitative estimate of drug-likeness (QED) is 0.841. The SMILES string of the molecule is CCC(C)NC(=O)c1cc(Nc2ccccc2C(C)(C)C)ccn1. The fourth-order valence-electron chi connectivity index (χ4n) is 2.43. The van der Waals surface area contributed by atoms with E-state index in [4.69, 9.17) is 0 Å². The van der Waals surface area contributed by atoms with E-state index in [-0.39, 0.29) is 17.4 Å². The topological polar surface area (TPSA) is 54.0 Å².